The summed E-state index contributed by atoms with van der Waals surface area (Å²) in [4.78, 5) is 0. The molecule has 28 heavy (non-hydrogen) atoms. The van der Waals surface area contributed by atoms with Crippen molar-refractivity contribution in [2.24, 2.45) is 11.8 Å². The summed E-state index contributed by atoms with van der Waals surface area (Å²) in [5.41, 5.74) is 2.95. The normalized spacial score (nSPS) is 20.4. The lowest BCUT2D eigenvalue weighted by atomic mass is 9.79. The molecule has 0 amide bonds. The van der Waals surface area contributed by atoms with Crippen molar-refractivity contribution in [3.05, 3.63) is 59.4 Å². The molecule has 0 aliphatic heterocycles. The van der Waals surface area contributed by atoms with E-state index in [1.807, 2.05) is 0 Å². The van der Waals surface area contributed by atoms with Gasteiger partial charge < -0.3 is 0 Å². The van der Waals surface area contributed by atoms with Crippen molar-refractivity contribution >= 4 is 0 Å². The second kappa shape index (κ2) is 13.3. The molecule has 0 aromatic heterocycles. The Morgan fingerprint density at radius 1 is 1.00 bits per heavy atom. The lowest BCUT2D eigenvalue weighted by molar-refractivity contribution is 0.296. The van der Waals surface area contributed by atoms with Gasteiger partial charge in [-0.3, -0.25) is 0 Å². The Bertz CT molecular complexity index is 642. The van der Waals surface area contributed by atoms with Gasteiger partial charge in [0.05, 0.1) is 0 Å². The number of nitrogens with zero attached hydrogens (tertiary/aromatic N) is 1. The van der Waals surface area contributed by atoms with Gasteiger partial charge in [0.1, 0.15) is 6.07 Å². The van der Waals surface area contributed by atoms with Crippen molar-refractivity contribution in [2.75, 3.05) is 0 Å². The highest BCUT2D eigenvalue weighted by Gasteiger charge is 2.19. The summed E-state index contributed by atoms with van der Waals surface area (Å²) < 4.78 is 12.8. The molecule has 0 N–H and O–H groups in total. The highest BCUT2D eigenvalue weighted by atomic mass is 19.1. The van der Waals surface area contributed by atoms with E-state index in [4.69, 9.17) is 5.26 Å². The fraction of sp³-hybridized carbons (Fsp3) is 0.577. The fourth-order valence-corrected chi connectivity index (χ4v) is 4.18. The molecule has 0 saturated heterocycles. The van der Waals surface area contributed by atoms with Crippen LogP contribution in [0.15, 0.2) is 48.3 Å². The number of halogens is 1. The fourth-order valence-electron chi connectivity index (χ4n) is 4.18. The summed E-state index contributed by atoms with van der Waals surface area (Å²) in [6.45, 7) is 2.26. The van der Waals surface area contributed by atoms with Crippen molar-refractivity contribution in [2.45, 2.75) is 84.0 Å². The van der Waals surface area contributed by atoms with E-state index in [-0.39, 0.29) is 0 Å². The number of hydrogen-bond acceptors (Lipinski definition) is 1. The molecule has 0 radical (unpaired) electrons. The van der Waals surface area contributed by atoms with E-state index < -0.39 is 5.83 Å². The summed E-state index contributed by atoms with van der Waals surface area (Å²) in [6.07, 6.45) is 20.3. The third-order valence-corrected chi connectivity index (χ3v) is 6.06. The first-order chi connectivity index (χ1) is 13.7. The Labute approximate surface area is 171 Å². The molecule has 152 valence electrons. The van der Waals surface area contributed by atoms with Crippen molar-refractivity contribution in [3.8, 4) is 6.07 Å². The molecular formula is C26H36FN. The monoisotopic (exact) mass is 381 g/mol. The maximum Gasteiger partial charge on any atom is 0.199 e. The highest BCUT2D eigenvalue weighted by Crippen LogP contribution is 2.32. The van der Waals surface area contributed by atoms with Crippen LogP contribution < -0.4 is 0 Å². The smallest absolute Gasteiger partial charge is 0.195 e. The first kappa shape index (κ1) is 22.4. The zero-order valence-electron chi connectivity index (χ0n) is 17.5. The molecule has 2 heteroatoms. The SMILES string of the molecule is CCCCCCCc1ccc(CCC2CCC(C=CC=C(F)C#N)CC2)cc1. The van der Waals surface area contributed by atoms with Gasteiger partial charge >= 0.3 is 0 Å². The average molecular weight is 382 g/mol. The summed E-state index contributed by atoms with van der Waals surface area (Å²) in [7, 11) is 0. The van der Waals surface area contributed by atoms with Crippen molar-refractivity contribution < 1.29 is 4.39 Å². The standard InChI is InChI=1S/C26H36FN/c1-2-3-4-5-6-8-22-11-15-24(16-12-22)19-20-25-17-13-23(14-18-25)9-7-10-26(27)21-28/h7,9-12,15-16,23,25H,2-6,8,13-14,17-20H2,1H3. The molecule has 1 saturated carbocycles. The van der Waals surface area contributed by atoms with Gasteiger partial charge in [0, 0.05) is 0 Å². The molecule has 0 bridgehead atoms. The van der Waals surface area contributed by atoms with Crippen LogP contribution in [0.25, 0.3) is 0 Å². The predicted molar refractivity (Wildman–Crippen MR) is 117 cm³/mol. The zero-order chi connectivity index (χ0) is 20.0. The largest absolute Gasteiger partial charge is 0.199 e. The first-order valence-electron chi connectivity index (χ1n) is 11.2. The minimum Gasteiger partial charge on any atom is -0.195 e. The van der Waals surface area contributed by atoms with Crippen LogP contribution >= 0.6 is 0 Å². The van der Waals surface area contributed by atoms with Gasteiger partial charge in [0.15, 0.2) is 5.83 Å². The number of benzene rings is 1. The van der Waals surface area contributed by atoms with Crippen LogP contribution in [0.3, 0.4) is 0 Å². The van der Waals surface area contributed by atoms with Crippen molar-refractivity contribution in [3.63, 3.8) is 0 Å². The molecule has 1 aromatic carbocycles. The molecule has 2 rings (SSSR count). The molecule has 1 fully saturated rings. The van der Waals surface area contributed by atoms with Gasteiger partial charge in [-0.15, -0.1) is 0 Å². The minimum absolute atomic E-state index is 0.538. The van der Waals surface area contributed by atoms with Gasteiger partial charge in [-0.2, -0.15) is 9.65 Å². The van der Waals surface area contributed by atoms with Gasteiger partial charge in [-0.1, -0.05) is 69.0 Å². The van der Waals surface area contributed by atoms with Crippen LogP contribution in [0.1, 0.15) is 82.3 Å². The minimum atomic E-state index is -0.715. The summed E-state index contributed by atoms with van der Waals surface area (Å²) >= 11 is 0. The quantitative estimate of drug-likeness (QED) is 0.217. The Hall–Kier alpha value is -1.88. The molecular weight excluding hydrogens is 345 g/mol. The highest BCUT2D eigenvalue weighted by molar-refractivity contribution is 5.23. The van der Waals surface area contributed by atoms with E-state index >= 15 is 0 Å². The Morgan fingerprint density at radius 3 is 2.29 bits per heavy atom. The Balaban J connectivity index is 1.63. The zero-order valence-corrected chi connectivity index (χ0v) is 17.5. The van der Waals surface area contributed by atoms with Crippen LogP contribution in [0.4, 0.5) is 4.39 Å². The van der Waals surface area contributed by atoms with Gasteiger partial charge in [0.2, 0.25) is 0 Å². The molecule has 1 aliphatic rings. The summed E-state index contributed by atoms with van der Waals surface area (Å²) in [5, 5.41) is 8.41. The Morgan fingerprint density at radius 2 is 1.64 bits per heavy atom. The number of aryl methyl sites for hydroxylation is 2. The molecule has 1 aromatic rings. The maximum absolute atomic E-state index is 12.8. The van der Waals surface area contributed by atoms with Crippen LogP contribution in [0.5, 0.6) is 0 Å². The maximum atomic E-state index is 12.8. The second-order valence-corrected chi connectivity index (χ2v) is 8.31. The van der Waals surface area contributed by atoms with Crippen LogP contribution in [-0.2, 0) is 12.8 Å². The summed E-state index contributed by atoms with van der Waals surface area (Å²) in [5.74, 6) is 0.636. The number of unbranched alkanes of at least 4 members (excludes halogenated alkanes) is 4. The topological polar surface area (TPSA) is 23.8 Å². The van der Waals surface area contributed by atoms with E-state index in [1.54, 1.807) is 6.08 Å². The number of rotatable bonds is 11. The first-order valence-corrected chi connectivity index (χ1v) is 11.2. The summed E-state index contributed by atoms with van der Waals surface area (Å²) in [6, 6.07) is 10.8. The van der Waals surface area contributed by atoms with Crippen LogP contribution in [0, 0.1) is 23.2 Å². The number of nitriles is 1. The predicted octanol–water partition coefficient (Wildman–Crippen LogP) is 7.87. The molecule has 0 unspecified atom stereocenters. The van der Waals surface area contributed by atoms with E-state index in [0.717, 1.165) is 5.92 Å². The molecule has 0 heterocycles. The van der Waals surface area contributed by atoms with E-state index in [2.05, 4.69) is 37.3 Å². The van der Waals surface area contributed by atoms with E-state index in [0.29, 0.717) is 5.92 Å². The van der Waals surface area contributed by atoms with Gasteiger partial charge in [-0.05, 0) is 80.4 Å². The number of allylic oxidation sites excluding steroid dienone is 4. The molecule has 0 atom stereocenters. The van der Waals surface area contributed by atoms with Crippen LogP contribution in [0.2, 0.25) is 0 Å². The second-order valence-electron chi connectivity index (χ2n) is 8.31. The van der Waals surface area contributed by atoms with Gasteiger partial charge in [0.25, 0.3) is 0 Å². The Kier molecular flexibility index (Phi) is 10.7. The van der Waals surface area contributed by atoms with Gasteiger partial charge in [-0.25, -0.2) is 0 Å². The third kappa shape index (κ3) is 8.87. The third-order valence-electron chi connectivity index (χ3n) is 6.06. The lowest BCUT2D eigenvalue weighted by Crippen LogP contribution is -2.13. The van der Waals surface area contributed by atoms with Crippen LogP contribution in [-0.4, -0.2) is 0 Å². The molecule has 1 aliphatic carbocycles. The molecule has 1 nitrogen and oxygen atoms in total. The van der Waals surface area contributed by atoms with Crippen molar-refractivity contribution in [1.29, 1.82) is 5.26 Å². The van der Waals surface area contributed by atoms with Crippen molar-refractivity contribution in [1.82, 2.24) is 0 Å². The lowest BCUT2D eigenvalue weighted by Gasteiger charge is -2.26. The van der Waals surface area contributed by atoms with E-state index in [1.165, 1.54) is 100 Å². The number of hydrogen-bond donors (Lipinski definition) is 0. The molecule has 0 spiro atoms. The van der Waals surface area contributed by atoms with E-state index in [9.17, 15) is 4.39 Å². The average Bonchev–Trinajstić information content (AvgIpc) is 2.73.